The fourth-order valence-corrected chi connectivity index (χ4v) is 2.16. The van der Waals surface area contributed by atoms with Crippen molar-refractivity contribution in [1.29, 1.82) is 0 Å². The second kappa shape index (κ2) is 5.98. The standard InChI is InChI=1S/C14H20N2O2/c1-11-3-4-12(9-13(11)14(17)15-2)10-16-5-7-18-8-6-16/h3-4,9H,5-8,10H2,1-2H3,(H,15,17). The molecular weight excluding hydrogens is 228 g/mol. The summed E-state index contributed by atoms with van der Waals surface area (Å²) in [6, 6.07) is 6.10. The van der Waals surface area contributed by atoms with Gasteiger partial charge in [0, 0.05) is 32.2 Å². The number of carbonyl (C=O) groups excluding carboxylic acids is 1. The van der Waals surface area contributed by atoms with Crippen molar-refractivity contribution >= 4 is 5.91 Å². The van der Waals surface area contributed by atoms with Crippen LogP contribution in [0.5, 0.6) is 0 Å². The number of hydrogen-bond acceptors (Lipinski definition) is 3. The summed E-state index contributed by atoms with van der Waals surface area (Å²) in [6.07, 6.45) is 0. The largest absolute Gasteiger partial charge is 0.379 e. The summed E-state index contributed by atoms with van der Waals surface area (Å²) in [6.45, 7) is 6.37. The SMILES string of the molecule is CNC(=O)c1cc(CN2CCOCC2)ccc1C. The maximum absolute atomic E-state index is 11.7. The molecule has 0 aliphatic carbocycles. The summed E-state index contributed by atoms with van der Waals surface area (Å²) in [5.74, 6) is -0.0173. The molecule has 1 aromatic carbocycles. The Morgan fingerprint density at radius 1 is 1.39 bits per heavy atom. The Morgan fingerprint density at radius 3 is 2.78 bits per heavy atom. The molecule has 0 bridgehead atoms. The molecule has 0 spiro atoms. The third kappa shape index (κ3) is 3.09. The second-order valence-electron chi connectivity index (χ2n) is 4.62. The molecule has 98 valence electrons. The van der Waals surface area contributed by atoms with Gasteiger partial charge in [-0.25, -0.2) is 0 Å². The van der Waals surface area contributed by atoms with E-state index in [1.54, 1.807) is 7.05 Å². The lowest BCUT2D eigenvalue weighted by molar-refractivity contribution is 0.0342. The Balaban J connectivity index is 2.11. The van der Waals surface area contributed by atoms with E-state index >= 15 is 0 Å². The lowest BCUT2D eigenvalue weighted by Crippen LogP contribution is -2.35. The van der Waals surface area contributed by atoms with Crippen LogP contribution in [0.3, 0.4) is 0 Å². The summed E-state index contributed by atoms with van der Waals surface area (Å²) in [4.78, 5) is 14.1. The Hall–Kier alpha value is -1.39. The van der Waals surface area contributed by atoms with E-state index in [9.17, 15) is 4.79 Å². The number of amides is 1. The molecular formula is C14H20N2O2. The van der Waals surface area contributed by atoms with Crippen molar-refractivity contribution in [1.82, 2.24) is 10.2 Å². The average Bonchev–Trinajstić information content (AvgIpc) is 2.41. The molecule has 4 nitrogen and oxygen atoms in total. The van der Waals surface area contributed by atoms with Gasteiger partial charge in [0.1, 0.15) is 0 Å². The van der Waals surface area contributed by atoms with E-state index in [2.05, 4.69) is 16.3 Å². The molecule has 0 radical (unpaired) electrons. The van der Waals surface area contributed by atoms with Crippen molar-refractivity contribution in [2.24, 2.45) is 0 Å². The van der Waals surface area contributed by atoms with Gasteiger partial charge in [0.25, 0.3) is 5.91 Å². The normalized spacial score (nSPS) is 16.6. The summed E-state index contributed by atoms with van der Waals surface area (Å²) in [7, 11) is 1.66. The van der Waals surface area contributed by atoms with E-state index in [4.69, 9.17) is 4.74 Å². The zero-order chi connectivity index (χ0) is 13.0. The van der Waals surface area contributed by atoms with E-state index in [1.807, 2.05) is 19.1 Å². The van der Waals surface area contributed by atoms with Gasteiger partial charge < -0.3 is 10.1 Å². The lowest BCUT2D eigenvalue weighted by atomic mass is 10.0. The Labute approximate surface area is 108 Å². The highest BCUT2D eigenvalue weighted by molar-refractivity contribution is 5.95. The van der Waals surface area contributed by atoms with Gasteiger partial charge >= 0.3 is 0 Å². The molecule has 18 heavy (non-hydrogen) atoms. The zero-order valence-electron chi connectivity index (χ0n) is 11.0. The topological polar surface area (TPSA) is 41.6 Å². The molecule has 2 rings (SSSR count). The molecule has 1 N–H and O–H groups in total. The summed E-state index contributed by atoms with van der Waals surface area (Å²) >= 11 is 0. The van der Waals surface area contributed by atoms with Crippen molar-refractivity contribution in [2.45, 2.75) is 13.5 Å². The van der Waals surface area contributed by atoms with Crippen molar-refractivity contribution in [3.05, 3.63) is 34.9 Å². The molecule has 0 aromatic heterocycles. The van der Waals surface area contributed by atoms with Crippen LogP contribution < -0.4 is 5.32 Å². The van der Waals surface area contributed by atoms with Gasteiger partial charge in [-0.05, 0) is 24.1 Å². The quantitative estimate of drug-likeness (QED) is 0.873. The molecule has 1 fully saturated rings. The van der Waals surface area contributed by atoms with Crippen molar-refractivity contribution in [2.75, 3.05) is 33.4 Å². The smallest absolute Gasteiger partial charge is 0.251 e. The molecule has 1 aromatic rings. The molecule has 1 amide bonds. The first-order valence-corrected chi connectivity index (χ1v) is 6.32. The number of rotatable bonds is 3. The Morgan fingerprint density at radius 2 is 2.11 bits per heavy atom. The van der Waals surface area contributed by atoms with Crippen molar-refractivity contribution < 1.29 is 9.53 Å². The highest BCUT2D eigenvalue weighted by Gasteiger charge is 2.13. The maximum Gasteiger partial charge on any atom is 0.251 e. The van der Waals surface area contributed by atoms with Gasteiger partial charge in [0.05, 0.1) is 13.2 Å². The molecule has 1 heterocycles. The van der Waals surface area contributed by atoms with Crippen molar-refractivity contribution in [3.63, 3.8) is 0 Å². The Bertz CT molecular complexity index is 426. The number of aryl methyl sites for hydroxylation is 1. The van der Waals surface area contributed by atoms with E-state index in [1.165, 1.54) is 5.56 Å². The highest BCUT2D eigenvalue weighted by Crippen LogP contribution is 2.14. The monoisotopic (exact) mass is 248 g/mol. The third-order valence-electron chi connectivity index (χ3n) is 3.28. The summed E-state index contributed by atoms with van der Waals surface area (Å²) in [5, 5.41) is 2.68. The summed E-state index contributed by atoms with van der Waals surface area (Å²) < 4.78 is 5.33. The predicted molar refractivity (Wildman–Crippen MR) is 70.7 cm³/mol. The Kier molecular flexibility index (Phi) is 4.33. The molecule has 4 heteroatoms. The molecule has 0 atom stereocenters. The predicted octanol–water partition coefficient (Wildman–Crippen LogP) is 1.19. The minimum atomic E-state index is -0.0173. The van der Waals surface area contributed by atoms with Crippen LogP contribution in [0, 0.1) is 6.92 Å². The molecule has 0 unspecified atom stereocenters. The third-order valence-corrected chi connectivity index (χ3v) is 3.28. The van der Waals surface area contributed by atoms with E-state index < -0.39 is 0 Å². The maximum atomic E-state index is 11.7. The van der Waals surface area contributed by atoms with Gasteiger partial charge in [0.15, 0.2) is 0 Å². The van der Waals surface area contributed by atoms with E-state index in [-0.39, 0.29) is 5.91 Å². The number of benzene rings is 1. The van der Waals surface area contributed by atoms with Crippen LogP contribution in [0.2, 0.25) is 0 Å². The molecule has 1 aliphatic rings. The first-order chi connectivity index (χ1) is 8.70. The minimum absolute atomic E-state index is 0.0173. The van der Waals surface area contributed by atoms with Crippen molar-refractivity contribution in [3.8, 4) is 0 Å². The first kappa shape index (κ1) is 13.1. The second-order valence-corrected chi connectivity index (χ2v) is 4.62. The van der Waals surface area contributed by atoms with E-state index in [0.29, 0.717) is 0 Å². The van der Waals surface area contributed by atoms with Gasteiger partial charge in [-0.2, -0.15) is 0 Å². The number of nitrogens with zero attached hydrogens (tertiary/aromatic N) is 1. The molecule has 1 saturated heterocycles. The fraction of sp³-hybridized carbons (Fsp3) is 0.500. The van der Waals surface area contributed by atoms with Crippen LogP contribution >= 0.6 is 0 Å². The van der Waals surface area contributed by atoms with Gasteiger partial charge in [-0.15, -0.1) is 0 Å². The van der Waals surface area contributed by atoms with Crippen LogP contribution in [0.1, 0.15) is 21.5 Å². The first-order valence-electron chi connectivity index (χ1n) is 6.32. The lowest BCUT2D eigenvalue weighted by Gasteiger charge is -2.26. The van der Waals surface area contributed by atoms with Crippen LogP contribution in [0.25, 0.3) is 0 Å². The van der Waals surface area contributed by atoms with Crippen LogP contribution in [0.4, 0.5) is 0 Å². The van der Waals surface area contributed by atoms with Gasteiger partial charge in [-0.1, -0.05) is 12.1 Å². The molecule has 1 aliphatic heterocycles. The minimum Gasteiger partial charge on any atom is -0.379 e. The summed E-state index contributed by atoms with van der Waals surface area (Å²) in [5.41, 5.74) is 2.96. The number of morpholine rings is 1. The van der Waals surface area contributed by atoms with Gasteiger partial charge in [-0.3, -0.25) is 9.69 Å². The number of carbonyl (C=O) groups is 1. The number of hydrogen-bond donors (Lipinski definition) is 1. The van der Waals surface area contributed by atoms with Crippen LogP contribution in [-0.4, -0.2) is 44.2 Å². The number of ether oxygens (including phenoxy) is 1. The zero-order valence-corrected chi connectivity index (χ0v) is 11.0. The number of nitrogens with one attached hydrogen (secondary N) is 1. The average molecular weight is 248 g/mol. The van der Waals surface area contributed by atoms with Gasteiger partial charge in [0.2, 0.25) is 0 Å². The van der Waals surface area contributed by atoms with Crippen LogP contribution in [0.15, 0.2) is 18.2 Å². The van der Waals surface area contributed by atoms with Crippen LogP contribution in [-0.2, 0) is 11.3 Å². The highest BCUT2D eigenvalue weighted by atomic mass is 16.5. The fourth-order valence-electron chi connectivity index (χ4n) is 2.16. The molecule has 0 saturated carbocycles. The van der Waals surface area contributed by atoms with E-state index in [0.717, 1.165) is 44.0 Å².